The summed E-state index contributed by atoms with van der Waals surface area (Å²) in [7, 11) is -13.9. The van der Waals surface area contributed by atoms with Crippen LogP contribution in [0.2, 0.25) is 0 Å². The van der Waals surface area contributed by atoms with Gasteiger partial charge in [-0.05, 0) is 48.5 Å². The highest BCUT2D eigenvalue weighted by Gasteiger charge is 2.53. The number of aliphatic hydroxyl groups is 6. The van der Waals surface area contributed by atoms with E-state index in [1.165, 1.54) is 0 Å². The molecule has 2 heterocycles. The first-order chi connectivity index (χ1) is 21.7. The number of sulfone groups is 1. The van der Waals surface area contributed by atoms with Gasteiger partial charge in [0.25, 0.3) is 20.0 Å². The van der Waals surface area contributed by atoms with E-state index in [0.717, 1.165) is 48.5 Å². The summed E-state index contributed by atoms with van der Waals surface area (Å²) in [5, 5.41) is 77.7. The maximum atomic E-state index is 13.1. The van der Waals surface area contributed by atoms with E-state index in [4.69, 9.17) is 19.7 Å². The number of hydrogen-bond acceptors (Lipinski definition) is 16. The van der Waals surface area contributed by atoms with E-state index in [1.807, 2.05) is 9.44 Å². The molecule has 20 nitrogen and oxygen atoms in total. The number of rotatable bonds is 10. The van der Waals surface area contributed by atoms with Gasteiger partial charge in [0.05, 0.1) is 9.79 Å². The fourth-order valence-corrected chi connectivity index (χ4v) is 8.61. The lowest BCUT2D eigenvalue weighted by Gasteiger charge is -2.38. The van der Waals surface area contributed by atoms with Gasteiger partial charge in [-0.2, -0.15) is 0 Å². The third-order valence-electron chi connectivity index (χ3n) is 7.09. The number of carbonyl (C=O) groups is 2. The number of nitrogens with one attached hydrogen (secondary N) is 2. The SMILES string of the molecule is O=C(O)[C@H]1O[C@@H](S(=O)(=O)Nc2ccc(S(=O)(=O)c3ccc(NS(=O)(=O)[C@@H]4O[C@H](C(=O)O)[C@@H](O)[C@H](O)[C@H]4O)cc3)cc2)[C@H](O)[C@@H](O)[C@@H]1O. The third-order valence-corrected chi connectivity index (χ3v) is 11.9. The molecular formula is C24H28N2O18S3. The lowest BCUT2D eigenvalue weighted by atomic mass is 10.0. The van der Waals surface area contributed by atoms with Gasteiger partial charge in [0, 0.05) is 11.4 Å². The lowest BCUT2D eigenvalue weighted by Crippen LogP contribution is -2.62. The molecule has 0 amide bonds. The van der Waals surface area contributed by atoms with Crippen LogP contribution in [-0.2, 0) is 48.9 Å². The number of aliphatic carboxylic acids is 2. The van der Waals surface area contributed by atoms with Crippen LogP contribution in [0, 0.1) is 0 Å². The van der Waals surface area contributed by atoms with Crippen molar-refractivity contribution in [3.8, 4) is 0 Å². The van der Waals surface area contributed by atoms with E-state index < -0.39 is 102 Å². The Kier molecular flexibility index (Phi) is 10.2. The van der Waals surface area contributed by atoms with E-state index in [2.05, 4.69) is 0 Å². The molecule has 2 fully saturated rings. The van der Waals surface area contributed by atoms with E-state index in [-0.39, 0.29) is 21.2 Å². The second-order valence-electron chi connectivity index (χ2n) is 10.3. The van der Waals surface area contributed by atoms with Crippen LogP contribution in [0.15, 0.2) is 58.3 Å². The Morgan fingerprint density at radius 3 is 1.09 bits per heavy atom. The standard InChI is InChI=1S/C24H28N2O18S3/c27-13-15(29)19(21(33)34)43-23(17(13)31)46(39,40)25-9-1-5-11(6-2-9)45(37,38)12-7-3-10(4-8-12)26-47(41,42)24-18(32)14(28)16(30)20(44-24)22(35)36/h1-8,13-20,23-32H,(H,33,34)(H,35,36)/t13-,14-,15-,16-,17+,18+,19-,20-,23-,24-/m0/s1. The number of hydrogen-bond donors (Lipinski definition) is 10. The predicted octanol–water partition coefficient (Wildman–Crippen LogP) is -4.21. The molecule has 2 aromatic carbocycles. The number of sulfonamides is 2. The van der Waals surface area contributed by atoms with Crippen molar-refractivity contribution in [1.82, 2.24) is 0 Å². The summed E-state index contributed by atoms with van der Waals surface area (Å²) >= 11 is 0. The second kappa shape index (κ2) is 13.2. The molecule has 23 heteroatoms. The molecule has 2 aliphatic heterocycles. The smallest absolute Gasteiger partial charge is 0.335 e. The lowest BCUT2D eigenvalue weighted by molar-refractivity contribution is -0.211. The zero-order chi connectivity index (χ0) is 35.2. The van der Waals surface area contributed by atoms with Crippen LogP contribution in [0.4, 0.5) is 11.4 Å². The average Bonchev–Trinajstić information content (AvgIpc) is 2.98. The first-order valence-electron chi connectivity index (χ1n) is 13.0. The van der Waals surface area contributed by atoms with Crippen LogP contribution >= 0.6 is 0 Å². The fraction of sp³-hybridized carbons (Fsp3) is 0.417. The quantitative estimate of drug-likeness (QED) is 0.111. The van der Waals surface area contributed by atoms with Crippen LogP contribution in [-0.4, -0.2) is 138 Å². The van der Waals surface area contributed by atoms with Gasteiger partial charge in [-0.3, -0.25) is 9.44 Å². The first-order valence-corrected chi connectivity index (χ1v) is 17.6. The molecule has 10 N–H and O–H groups in total. The molecule has 0 aliphatic carbocycles. The normalized spacial score (nSPS) is 31.9. The maximum absolute atomic E-state index is 13.1. The highest BCUT2D eigenvalue weighted by Crippen LogP contribution is 2.30. The highest BCUT2D eigenvalue weighted by atomic mass is 32.2. The van der Waals surface area contributed by atoms with Gasteiger partial charge in [0.2, 0.25) is 20.7 Å². The molecule has 0 radical (unpaired) electrons. The fourth-order valence-electron chi connectivity index (χ4n) is 4.60. The van der Waals surface area contributed by atoms with E-state index in [1.54, 1.807) is 0 Å². The van der Waals surface area contributed by atoms with Crippen molar-refractivity contribution >= 4 is 53.2 Å². The van der Waals surface area contributed by atoms with Crippen molar-refractivity contribution in [2.75, 3.05) is 9.44 Å². The van der Waals surface area contributed by atoms with Crippen molar-refractivity contribution in [1.29, 1.82) is 0 Å². The summed E-state index contributed by atoms with van der Waals surface area (Å²) in [5.74, 6) is -3.62. The molecule has 10 atom stereocenters. The zero-order valence-corrected chi connectivity index (χ0v) is 25.7. The molecule has 2 aromatic rings. The molecule has 4 rings (SSSR count). The van der Waals surface area contributed by atoms with Crippen LogP contribution in [0.3, 0.4) is 0 Å². The van der Waals surface area contributed by atoms with E-state index >= 15 is 0 Å². The summed E-state index contributed by atoms with van der Waals surface area (Å²) in [6.07, 6.45) is -17.6. The van der Waals surface area contributed by atoms with Gasteiger partial charge >= 0.3 is 11.9 Å². The molecular weight excluding hydrogens is 700 g/mol. The predicted molar refractivity (Wildman–Crippen MR) is 152 cm³/mol. The van der Waals surface area contributed by atoms with Crippen molar-refractivity contribution in [3.63, 3.8) is 0 Å². The van der Waals surface area contributed by atoms with Gasteiger partial charge in [0.1, 0.15) is 36.6 Å². The van der Waals surface area contributed by atoms with Crippen molar-refractivity contribution in [3.05, 3.63) is 48.5 Å². The Hall–Kier alpha value is -3.49. The Balaban J connectivity index is 1.47. The van der Waals surface area contributed by atoms with Crippen molar-refractivity contribution in [2.24, 2.45) is 0 Å². The molecule has 0 bridgehead atoms. The molecule has 260 valence electrons. The number of ether oxygens (including phenoxy) is 2. The van der Waals surface area contributed by atoms with E-state index in [0.29, 0.717) is 0 Å². The number of aliphatic hydroxyl groups excluding tert-OH is 6. The molecule has 0 unspecified atom stereocenters. The summed E-state index contributed by atoms with van der Waals surface area (Å²) in [6.45, 7) is 0. The Labute approximate surface area is 265 Å². The molecule has 2 saturated heterocycles. The maximum Gasteiger partial charge on any atom is 0.335 e. The number of carboxylic acids is 2. The zero-order valence-electron chi connectivity index (χ0n) is 23.3. The second-order valence-corrected chi connectivity index (χ2v) is 15.8. The summed E-state index contributed by atoms with van der Waals surface area (Å²) in [5.41, 5.74) is -5.23. The minimum atomic E-state index is -4.80. The molecule has 47 heavy (non-hydrogen) atoms. The van der Waals surface area contributed by atoms with Crippen LogP contribution in [0.25, 0.3) is 0 Å². The Morgan fingerprint density at radius 2 is 0.809 bits per heavy atom. The summed E-state index contributed by atoms with van der Waals surface area (Å²) in [4.78, 5) is 21.8. The molecule has 0 saturated carbocycles. The number of anilines is 2. The molecule has 0 aromatic heterocycles. The topological polar surface area (TPSA) is 341 Å². The van der Waals surface area contributed by atoms with Gasteiger partial charge < -0.3 is 50.3 Å². The van der Waals surface area contributed by atoms with Gasteiger partial charge in [0.15, 0.2) is 12.2 Å². The third kappa shape index (κ3) is 7.19. The molecule has 0 spiro atoms. The van der Waals surface area contributed by atoms with Gasteiger partial charge in [-0.25, -0.2) is 34.8 Å². The van der Waals surface area contributed by atoms with Crippen molar-refractivity contribution < 1.29 is 85.2 Å². The number of benzene rings is 2. The highest BCUT2D eigenvalue weighted by molar-refractivity contribution is 7.93. The largest absolute Gasteiger partial charge is 0.479 e. The summed E-state index contributed by atoms with van der Waals surface area (Å²) in [6, 6.07) is 7.87. The minimum absolute atomic E-state index is 0.271. The molecule has 2 aliphatic rings. The first kappa shape index (κ1) is 36.3. The van der Waals surface area contributed by atoms with Crippen LogP contribution in [0.1, 0.15) is 0 Å². The van der Waals surface area contributed by atoms with Crippen LogP contribution in [0.5, 0.6) is 0 Å². The van der Waals surface area contributed by atoms with E-state index in [9.17, 15) is 65.5 Å². The monoisotopic (exact) mass is 728 g/mol. The van der Waals surface area contributed by atoms with Crippen LogP contribution < -0.4 is 9.44 Å². The minimum Gasteiger partial charge on any atom is -0.479 e. The van der Waals surface area contributed by atoms with Gasteiger partial charge in [-0.15, -0.1) is 0 Å². The van der Waals surface area contributed by atoms with Crippen molar-refractivity contribution in [2.45, 2.75) is 69.5 Å². The summed E-state index contributed by atoms with van der Waals surface area (Å²) < 4.78 is 91.0. The van der Waals surface area contributed by atoms with Gasteiger partial charge in [-0.1, -0.05) is 0 Å². The Bertz CT molecular complexity index is 1690. The average molecular weight is 729 g/mol. The Morgan fingerprint density at radius 1 is 0.511 bits per heavy atom. The number of carboxylic acid groups (broad SMARTS) is 2.